The van der Waals surface area contributed by atoms with Crippen LogP contribution in [0.15, 0.2) is 30.3 Å². The van der Waals surface area contributed by atoms with Gasteiger partial charge in [-0.15, -0.1) is 0 Å². The first kappa shape index (κ1) is 15.5. The molecule has 3 N–H and O–H groups in total. The first-order valence-electron chi connectivity index (χ1n) is 6.49. The smallest absolute Gasteiger partial charge is 0.315 e. The molecule has 0 aromatic heterocycles. The summed E-state index contributed by atoms with van der Waals surface area (Å²) >= 11 is 0. The molecule has 106 valence electrons. The maximum atomic E-state index is 11.4. The van der Waals surface area contributed by atoms with Gasteiger partial charge in [0.2, 0.25) is 0 Å². The lowest BCUT2D eigenvalue weighted by molar-refractivity contribution is 0.218. The number of hydrogen-bond donors (Lipinski definition) is 3. The first-order valence-corrected chi connectivity index (χ1v) is 6.49. The van der Waals surface area contributed by atoms with Gasteiger partial charge in [0.25, 0.3) is 0 Å². The van der Waals surface area contributed by atoms with Crippen molar-refractivity contribution < 1.29 is 9.90 Å². The maximum absolute atomic E-state index is 11.4. The Hall–Kier alpha value is -1.59. The molecule has 0 heterocycles. The predicted octanol–water partition coefficient (Wildman–Crippen LogP) is 0.798. The molecule has 0 unspecified atom stereocenters. The highest BCUT2D eigenvalue weighted by Crippen LogP contribution is 2.01. The molecule has 0 aliphatic heterocycles. The molecule has 0 fully saturated rings. The zero-order valence-electron chi connectivity index (χ0n) is 11.6. The van der Waals surface area contributed by atoms with Crippen molar-refractivity contribution in [3.05, 3.63) is 35.9 Å². The Balaban J connectivity index is 2.17. The molecule has 0 saturated carbocycles. The van der Waals surface area contributed by atoms with E-state index in [-0.39, 0.29) is 18.7 Å². The zero-order valence-corrected chi connectivity index (χ0v) is 11.6. The summed E-state index contributed by atoms with van der Waals surface area (Å²) in [5.74, 6) is 0. The second-order valence-corrected chi connectivity index (χ2v) is 4.71. The minimum Gasteiger partial charge on any atom is -0.394 e. The number of nitrogens with zero attached hydrogens (tertiary/aromatic N) is 1. The van der Waals surface area contributed by atoms with E-state index in [0.29, 0.717) is 6.54 Å². The topological polar surface area (TPSA) is 64.6 Å². The molecule has 0 saturated heterocycles. The van der Waals surface area contributed by atoms with Gasteiger partial charge in [-0.1, -0.05) is 30.3 Å². The molecule has 5 heteroatoms. The minimum atomic E-state index is -0.241. The van der Waals surface area contributed by atoms with E-state index in [9.17, 15) is 4.79 Å². The number of aliphatic hydroxyl groups is 1. The van der Waals surface area contributed by atoms with Crippen molar-refractivity contribution in [2.45, 2.75) is 19.5 Å². The number of amides is 2. The van der Waals surface area contributed by atoms with Crippen molar-refractivity contribution in [3.63, 3.8) is 0 Å². The summed E-state index contributed by atoms with van der Waals surface area (Å²) in [4.78, 5) is 13.5. The molecule has 0 radical (unpaired) electrons. The Labute approximate surface area is 114 Å². The molecule has 0 aliphatic carbocycles. The lowest BCUT2D eigenvalue weighted by atomic mass is 10.2. The number of carbonyl (C=O) groups is 1. The summed E-state index contributed by atoms with van der Waals surface area (Å²) in [7, 11) is 2.02. The highest BCUT2D eigenvalue weighted by molar-refractivity contribution is 5.74. The van der Waals surface area contributed by atoms with Crippen LogP contribution in [-0.4, -0.2) is 48.8 Å². The van der Waals surface area contributed by atoms with E-state index in [4.69, 9.17) is 5.11 Å². The Morgan fingerprint density at radius 3 is 2.68 bits per heavy atom. The van der Waals surface area contributed by atoms with Gasteiger partial charge in [0.05, 0.1) is 12.6 Å². The largest absolute Gasteiger partial charge is 0.394 e. The van der Waals surface area contributed by atoms with Gasteiger partial charge in [-0.3, -0.25) is 0 Å². The van der Waals surface area contributed by atoms with E-state index >= 15 is 0 Å². The van der Waals surface area contributed by atoms with Crippen molar-refractivity contribution in [3.8, 4) is 0 Å². The quantitative estimate of drug-likeness (QED) is 0.683. The summed E-state index contributed by atoms with van der Waals surface area (Å²) in [6.07, 6.45) is 0. The van der Waals surface area contributed by atoms with Gasteiger partial charge < -0.3 is 20.6 Å². The van der Waals surface area contributed by atoms with Crippen molar-refractivity contribution in [1.82, 2.24) is 15.5 Å². The van der Waals surface area contributed by atoms with Crippen LogP contribution in [0.25, 0.3) is 0 Å². The van der Waals surface area contributed by atoms with Gasteiger partial charge >= 0.3 is 6.03 Å². The van der Waals surface area contributed by atoms with Crippen molar-refractivity contribution in [1.29, 1.82) is 0 Å². The van der Waals surface area contributed by atoms with Crippen LogP contribution in [0.4, 0.5) is 4.79 Å². The standard InChI is InChI=1S/C14H23N3O2/c1-12(11-18)16-14(19)15-8-9-17(2)10-13-6-4-3-5-7-13/h3-7,12,18H,8-11H2,1-2H3,(H2,15,16,19)/t12-/m0/s1. The zero-order chi connectivity index (χ0) is 14.1. The fourth-order valence-electron chi connectivity index (χ4n) is 1.65. The first-order chi connectivity index (χ1) is 9.11. The van der Waals surface area contributed by atoms with Crippen LogP contribution in [-0.2, 0) is 6.54 Å². The van der Waals surface area contributed by atoms with E-state index in [1.54, 1.807) is 6.92 Å². The molecule has 0 spiro atoms. The third-order valence-electron chi connectivity index (χ3n) is 2.73. The summed E-state index contributed by atoms with van der Waals surface area (Å²) in [5.41, 5.74) is 1.25. The number of carbonyl (C=O) groups excluding carboxylic acids is 1. The van der Waals surface area contributed by atoms with Crippen molar-refractivity contribution in [2.75, 3.05) is 26.7 Å². The van der Waals surface area contributed by atoms with Crippen LogP contribution in [0, 0.1) is 0 Å². The van der Waals surface area contributed by atoms with Crippen LogP contribution >= 0.6 is 0 Å². The van der Waals surface area contributed by atoms with Crippen LogP contribution in [0.5, 0.6) is 0 Å². The molecular weight excluding hydrogens is 242 g/mol. The van der Waals surface area contributed by atoms with Gasteiger partial charge in [0, 0.05) is 19.6 Å². The Morgan fingerprint density at radius 1 is 1.37 bits per heavy atom. The molecule has 1 atom stereocenters. The molecule has 1 rings (SSSR count). The lowest BCUT2D eigenvalue weighted by Crippen LogP contribution is -2.44. The second kappa shape index (κ2) is 8.50. The van der Waals surface area contributed by atoms with Crippen LogP contribution < -0.4 is 10.6 Å². The monoisotopic (exact) mass is 265 g/mol. The van der Waals surface area contributed by atoms with E-state index in [0.717, 1.165) is 13.1 Å². The lowest BCUT2D eigenvalue weighted by Gasteiger charge is -2.18. The van der Waals surface area contributed by atoms with Gasteiger partial charge in [0.15, 0.2) is 0 Å². The third kappa shape index (κ3) is 6.79. The highest BCUT2D eigenvalue weighted by Gasteiger charge is 2.05. The third-order valence-corrected chi connectivity index (χ3v) is 2.73. The molecule has 1 aromatic rings. The van der Waals surface area contributed by atoms with E-state index < -0.39 is 0 Å². The molecule has 0 bridgehead atoms. The number of nitrogens with one attached hydrogen (secondary N) is 2. The maximum Gasteiger partial charge on any atom is 0.315 e. The average Bonchev–Trinajstić information content (AvgIpc) is 2.39. The Bertz CT molecular complexity index is 370. The molecule has 1 aromatic carbocycles. The number of rotatable bonds is 7. The second-order valence-electron chi connectivity index (χ2n) is 4.71. The molecular formula is C14H23N3O2. The molecule has 19 heavy (non-hydrogen) atoms. The van der Waals surface area contributed by atoms with Gasteiger partial charge in [-0.2, -0.15) is 0 Å². The number of aliphatic hydroxyl groups excluding tert-OH is 1. The predicted molar refractivity (Wildman–Crippen MR) is 75.9 cm³/mol. The van der Waals surface area contributed by atoms with E-state index in [1.807, 2.05) is 25.2 Å². The van der Waals surface area contributed by atoms with Crippen LogP contribution in [0.3, 0.4) is 0 Å². The minimum absolute atomic E-state index is 0.0542. The number of hydrogen-bond acceptors (Lipinski definition) is 3. The molecule has 5 nitrogen and oxygen atoms in total. The number of likely N-dealkylation sites (N-methyl/N-ethyl adjacent to an activating group) is 1. The van der Waals surface area contributed by atoms with Gasteiger partial charge in [-0.25, -0.2) is 4.79 Å². The van der Waals surface area contributed by atoms with Crippen LogP contribution in [0.2, 0.25) is 0 Å². The molecule has 2 amide bonds. The van der Waals surface area contributed by atoms with Crippen LogP contribution in [0.1, 0.15) is 12.5 Å². The van der Waals surface area contributed by atoms with Gasteiger partial charge in [0.1, 0.15) is 0 Å². The van der Waals surface area contributed by atoms with Crippen molar-refractivity contribution in [2.24, 2.45) is 0 Å². The van der Waals surface area contributed by atoms with E-state index in [2.05, 4.69) is 27.7 Å². The fraction of sp³-hybridized carbons (Fsp3) is 0.500. The summed E-state index contributed by atoms with van der Waals surface area (Å²) < 4.78 is 0. The molecule has 0 aliphatic rings. The average molecular weight is 265 g/mol. The summed E-state index contributed by atoms with van der Waals surface area (Å²) in [6, 6.07) is 9.74. The Morgan fingerprint density at radius 2 is 2.05 bits per heavy atom. The fourth-order valence-corrected chi connectivity index (χ4v) is 1.65. The normalized spacial score (nSPS) is 12.2. The highest BCUT2D eigenvalue weighted by atomic mass is 16.3. The number of benzene rings is 1. The van der Waals surface area contributed by atoms with Gasteiger partial charge in [-0.05, 0) is 19.5 Å². The van der Waals surface area contributed by atoms with Crippen molar-refractivity contribution >= 4 is 6.03 Å². The Kier molecular flexibility index (Phi) is 6.92. The SMILES string of the molecule is C[C@@H](CO)NC(=O)NCCN(C)Cc1ccccc1. The summed E-state index contributed by atoms with van der Waals surface area (Å²) in [6.45, 7) is 3.91. The summed E-state index contributed by atoms with van der Waals surface area (Å²) in [5, 5.41) is 14.2. The number of urea groups is 1. The van der Waals surface area contributed by atoms with E-state index in [1.165, 1.54) is 5.56 Å².